The summed E-state index contributed by atoms with van der Waals surface area (Å²) < 4.78 is 1.87. The molecule has 4 nitrogen and oxygen atoms in total. The van der Waals surface area contributed by atoms with Gasteiger partial charge in [0.2, 0.25) is 0 Å². The van der Waals surface area contributed by atoms with Gasteiger partial charge in [-0.05, 0) is 67.1 Å². The Balaban J connectivity index is 1.33. The van der Waals surface area contributed by atoms with Crippen LogP contribution < -0.4 is 0 Å². The molecule has 0 N–H and O–H groups in total. The minimum Gasteiger partial charge on any atom is -0.236 e. The molecule has 0 aliphatic heterocycles. The number of aryl methyl sites for hydroxylation is 1. The van der Waals surface area contributed by atoms with E-state index >= 15 is 0 Å². The normalized spacial score (nSPS) is 22.2. The molecule has 0 spiro atoms. The molecule has 0 atom stereocenters. The Morgan fingerprint density at radius 2 is 1.68 bits per heavy atom. The van der Waals surface area contributed by atoms with Gasteiger partial charge in [0.1, 0.15) is 0 Å². The number of benzene rings is 2. The van der Waals surface area contributed by atoms with Gasteiger partial charge < -0.3 is 0 Å². The van der Waals surface area contributed by atoms with Gasteiger partial charge in [-0.2, -0.15) is 9.61 Å². The Kier molecular flexibility index (Phi) is 4.23. The topological polar surface area (TPSA) is 43.1 Å². The van der Waals surface area contributed by atoms with Crippen LogP contribution in [-0.4, -0.2) is 19.6 Å². The maximum atomic E-state index is 5.19. The first-order valence-corrected chi connectivity index (χ1v) is 12.4. The molecule has 3 heterocycles. The number of pyridine rings is 1. The molecule has 0 unspecified atom stereocenters. The number of hydrogen-bond acceptors (Lipinski definition) is 3. The van der Waals surface area contributed by atoms with Crippen molar-refractivity contribution in [2.45, 2.75) is 45.4 Å². The quantitative estimate of drug-likeness (QED) is 0.294. The van der Waals surface area contributed by atoms with Crippen molar-refractivity contribution in [2.24, 2.45) is 11.3 Å². The molecule has 0 saturated heterocycles. The zero-order chi connectivity index (χ0) is 22.9. The fraction of sp³-hybridized carbons (Fsp3) is 0.300. The first kappa shape index (κ1) is 19.9. The van der Waals surface area contributed by atoms with Gasteiger partial charge in [0.05, 0.1) is 11.4 Å². The van der Waals surface area contributed by atoms with E-state index in [2.05, 4.69) is 77.7 Å². The van der Waals surface area contributed by atoms with Gasteiger partial charge >= 0.3 is 0 Å². The average molecular weight is 445 g/mol. The number of aromatic nitrogens is 4. The lowest BCUT2D eigenvalue weighted by Gasteiger charge is -2.46. The highest BCUT2D eigenvalue weighted by Crippen LogP contribution is 2.62. The molecule has 2 aliphatic carbocycles. The van der Waals surface area contributed by atoms with Crippen molar-refractivity contribution in [3.63, 3.8) is 0 Å². The maximum Gasteiger partial charge on any atom is 0.165 e. The molecule has 0 bridgehead atoms. The molecule has 4 heteroatoms. The minimum atomic E-state index is 0.588. The standard InChI is InChI=1S/C30H28N4/c1-19-14-27-31-18-23-15-26(21-6-4-3-5-7-21)28(32-29(23)34(27)33-19)22-10-8-20(9-11-22)24-16-30(2,17-24)25-12-13-25/h3-11,14-15,18,24-25H,12-13,16-17H2,1-2H3. The summed E-state index contributed by atoms with van der Waals surface area (Å²) in [5, 5.41) is 5.65. The van der Waals surface area contributed by atoms with Gasteiger partial charge in [-0.15, -0.1) is 0 Å². The molecular formula is C30H28N4. The molecule has 168 valence electrons. The zero-order valence-corrected chi connectivity index (χ0v) is 19.7. The lowest BCUT2D eigenvalue weighted by atomic mass is 9.58. The smallest absolute Gasteiger partial charge is 0.165 e. The molecule has 5 aromatic rings. The van der Waals surface area contributed by atoms with Crippen LogP contribution in [0, 0.1) is 18.3 Å². The van der Waals surface area contributed by atoms with Crippen molar-refractivity contribution in [2.75, 3.05) is 0 Å². The molecule has 7 rings (SSSR count). The average Bonchev–Trinajstić information content (AvgIpc) is 3.63. The van der Waals surface area contributed by atoms with Gasteiger partial charge in [-0.25, -0.2) is 9.97 Å². The molecule has 2 fully saturated rings. The molecule has 0 radical (unpaired) electrons. The van der Waals surface area contributed by atoms with Crippen molar-refractivity contribution in [1.29, 1.82) is 0 Å². The van der Waals surface area contributed by atoms with E-state index in [0.29, 0.717) is 11.3 Å². The monoisotopic (exact) mass is 444 g/mol. The molecular weight excluding hydrogens is 416 g/mol. The summed E-state index contributed by atoms with van der Waals surface area (Å²) in [6, 6.07) is 23.9. The summed E-state index contributed by atoms with van der Waals surface area (Å²) in [6.07, 6.45) is 7.47. The lowest BCUT2D eigenvalue weighted by molar-refractivity contribution is 0.0960. The van der Waals surface area contributed by atoms with Crippen LogP contribution in [0.25, 0.3) is 39.1 Å². The SMILES string of the molecule is Cc1cc2ncc3cc(-c4ccccc4)c(-c4ccc(C5CC(C)(C6CC6)C5)cc4)nc3n2n1. The van der Waals surface area contributed by atoms with Gasteiger partial charge in [0, 0.05) is 28.8 Å². The Hall–Kier alpha value is -3.53. The third kappa shape index (κ3) is 3.16. The summed E-state index contributed by atoms with van der Waals surface area (Å²) >= 11 is 0. The number of rotatable bonds is 4. The molecule has 2 saturated carbocycles. The van der Waals surface area contributed by atoms with Crippen LogP contribution in [0.5, 0.6) is 0 Å². The second-order valence-electron chi connectivity index (χ2n) is 10.6. The number of hydrogen-bond donors (Lipinski definition) is 0. The van der Waals surface area contributed by atoms with Gasteiger partial charge in [0.15, 0.2) is 11.3 Å². The van der Waals surface area contributed by atoms with E-state index in [1.54, 1.807) is 0 Å². The van der Waals surface area contributed by atoms with Crippen LogP contribution >= 0.6 is 0 Å². The second kappa shape index (κ2) is 7.23. The number of fused-ring (bicyclic) bond motifs is 3. The highest BCUT2D eigenvalue weighted by molar-refractivity contribution is 5.90. The third-order valence-electron chi connectivity index (χ3n) is 8.11. The van der Waals surface area contributed by atoms with E-state index in [1.807, 2.05) is 23.7 Å². The first-order chi connectivity index (χ1) is 16.6. The fourth-order valence-electron chi connectivity index (χ4n) is 6.04. The Bertz CT molecular complexity index is 1520. The van der Waals surface area contributed by atoms with Crippen LogP contribution in [0.2, 0.25) is 0 Å². The van der Waals surface area contributed by atoms with Crippen molar-refractivity contribution in [3.05, 3.63) is 84.2 Å². The fourth-order valence-corrected chi connectivity index (χ4v) is 6.04. The Labute approximate surface area is 199 Å². The lowest BCUT2D eigenvalue weighted by Crippen LogP contribution is -2.34. The van der Waals surface area contributed by atoms with E-state index in [4.69, 9.17) is 4.98 Å². The van der Waals surface area contributed by atoms with Gasteiger partial charge in [-0.3, -0.25) is 0 Å². The Morgan fingerprint density at radius 1 is 0.912 bits per heavy atom. The van der Waals surface area contributed by atoms with E-state index in [1.165, 1.54) is 31.2 Å². The van der Waals surface area contributed by atoms with Crippen LogP contribution in [0.1, 0.15) is 49.8 Å². The van der Waals surface area contributed by atoms with Crippen LogP contribution in [-0.2, 0) is 0 Å². The van der Waals surface area contributed by atoms with Crippen LogP contribution in [0.15, 0.2) is 72.9 Å². The van der Waals surface area contributed by atoms with E-state index in [9.17, 15) is 0 Å². The molecule has 3 aromatic heterocycles. The summed E-state index contributed by atoms with van der Waals surface area (Å²) in [6.45, 7) is 4.49. The summed E-state index contributed by atoms with van der Waals surface area (Å²) in [5.41, 5.74) is 9.08. The highest BCUT2D eigenvalue weighted by Gasteiger charge is 2.50. The predicted octanol–water partition coefficient (Wildman–Crippen LogP) is 7.21. The largest absolute Gasteiger partial charge is 0.236 e. The Morgan fingerprint density at radius 3 is 2.41 bits per heavy atom. The molecule has 0 amide bonds. The third-order valence-corrected chi connectivity index (χ3v) is 8.11. The summed E-state index contributed by atoms with van der Waals surface area (Å²) in [4.78, 5) is 9.79. The minimum absolute atomic E-state index is 0.588. The van der Waals surface area contributed by atoms with Crippen molar-refractivity contribution < 1.29 is 0 Å². The van der Waals surface area contributed by atoms with Crippen LogP contribution in [0.3, 0.4) is 0 Å². The second-order valence-corrected chi connectivity index (χ2v) is 10.6. The van der Waals surface area contributed by atoms with Crippen LogP contribution in [0.4, 0.5) is 0 Å². The van der Waals surface area contributed by atoms with Gasteiger partial charge in [-0.1, -0.05) is 61.5 Å². The highest BCUT2D eigenvalue weighted by atomic mass is 15.3. The van der Waals surface area contributed by atoms with E-state index < -0.39 is 0 Å². The molecule has 2 aliphatic rings. The van der Waals surface area contributed by atoms with E-state index in [0.717, 1.165) is 50.7 Å². The first-order valence-electron chi connectivity index (χ1n) is 12.4. The zero-order valence-electron chi connectivity index (χ0n) is 19.7. The summed E-state index contributed by atoms with van der Waals surface area (Å²) in [7, 11) is 0. The number of nitrogens with zero attached hydrogens (tertiary/aromatic N) is 4. The van der Waals surface area contributed by atoms with E-state index in [-0.39, 0.29) is 0 Å². The van der Waals surface area contributed by atoms with Crippen molar-refractivity contribution in [3.8, 4) is 22.4 Å². The van der Waals surface area contributed by atoms with Gasteiger partial charge in [0.25, 0.3) is 0 Å². The van der Waals surface area contributed by atoms with Crippen molar-refractivity contribution >= 4 is 16.7 Å². The maximum absolute atomic E-state index is 5.19. The predicted molar refractivity (Wildman–Crippen MR) is 137 cm³/mol. The molecule has 2 aromatic carbocycles. The van der Waals surface area contributed by atoms with Crippen molar-refractivity contribution in [1.82, 2.24) is 19.6 Å². The summed E-state index contributed by atoms with van der Waals surface area (Å²) in [5.74, 6) is 1.69. The molecule has 34 heavy (non-hydrogen) atoms.